The number of halogens is 1. The highest BCUT2D eigenvalue weighted by atomic mass is 32.2. The molecule has 1 rings (SSSR count). The smallest absolute Gasteiger partial charge is 0.243 e. The molecule has 94 valence electrons. The van der Waals surface area contributed by atoms with Gasteiger partial charge in [0.05, 0.1) is 11.7 Å². The van der Waals surface area contributed by atoms with Crippen LogP contribution in [0.1, 0.15) is 19.4 Å². The van der Waals surface area contributed by atoms with Crippen molar-refractivity contribution in [3.63, 3.8) is 0 Å². The predicted molar refractivity (Wildman–Crippen MR) is 62.4 cm³/mol. The van der Waals surface area contributed by atoms with Crippen LogP contribution in [-0.4, -0.2) is 20.6 Å². The summed E-state index contributed by atoms with van der Waals surface area (Å²) in [4.78, 5) is 11.8. The Bertz CT molecular complexity index is 520. The third-order valence-corrected chi connectivity index (χ3v) is 2.97. The summed E-state index contributed by atoms with van der Waals surface area (Å²) in [5, 5.41) is 0. The largest absolute Gasteiger partial charge is 0.273 e. The Balaban J connectivity index is 3.02. The van der Waals surface area contributed by atoms with Crippen molar-refractivity contribution in [3.8, 4) is 0 Å². The number of benzene rings is 1. The number of hydrogen-bond acceptors (Lipinski definition) is 3. The van der Waals surface area contributed by atoms with Crippen molar-refractivity contribution >= 4 is 15.9 Å². The van der Waals surface area contributed by atoms with Gasteiger partial charge < -0.3 is 0 Å². The van der Waals surface area contributed by atoms with Gasteiger partial charge in [-0.3, -0.25) is 9.52 Å². The predicted octanol–water partition coefficient (Wildman–Crippen LogP) is 1.18. The van der Waals surface area contributed by atoms with Gasteiger partial charge in [0.2, 0.25) is 15.9 Å². The summed E-state index contributed by atoms with van der Waals surface area (Å²) in [6.07, 6.45) is 0.908. The van der Waals surface area contributed by atoms with E-state index in [2.05, 4.69) is 0 Å². The fourth-order valence-electron chi connectivity index (χ4n) is 1.29. The molecule has 1 aromatic carbocycles. The minimum absolute atomic E-state index is 0.409. The Morgan fingerprint density at radius 3 is 2.12 bits per heavy atom. The second-order valence-electron chi connectivity index (χ2n) is 4.34. The number of carbonyl (C=O) groups is 1. The molecule has 0 unspecified atom stereocenters. The fraction of sp³-hybridized carbons (Fsp3) is 0.364. The second-order valence-corrected chi connectivity index (χ2v) is 6.08. The normalized spacial score (nSPS) is 12.2. The van der Waals surface area contributed by atoms with Crippen LogP contribution in [0.25, 0.3) is 0 Å². The Morgan fingerprint density at radius 1 is 1.24 bits per heavy atom. The fourth-order valence-corrected chi connectivity index (χ4v) is 1.89. The van der Waals surface area contributed by atoms with Gasteiger partial charge in [-0.05, 0) is 31.5 Å². The summed E-state index contributed by atoms with van der Waals surface area (Å²) in [7, 11) is -3.60. The number of sulfonamides is 1. The molecule has 4 nitrogen and oxygen atoms in total. The van der Waals surface area contributed by atoms with Crippen molar-refractivity contribution in [2.75, 3.05) is 6.26 Å². The summed E-state index contributed by atoms with van der Waals surface area (Å²) in [6, 6.07) is 5.37. The van der Waals surface area contributed by atoms with Gasteiger partial charge in [0, 0.05) is 0 Å². The molecule has 0 atom stereocenters. The molecule has 0 aromatic heterocycles. The van der Waals surface area contributed by atoms with Crippen LogP contribution in [0, 0.1) is 5.82 Å². The third-order valence-electron chi connectivity index (χ3n) is 2.41. The number of nitrogens with one attached hydrogen (secondary N) is 1. The maximum absolute atomic E-state index is 12.8. The summed E-state index contributed by atoms with van der Waals surface area (Å²) in [5.41, 5.74) is -0.503. The lowest BCUT2D eigenvalue weighted by Crippen LogP contribution is -2.42. The first-order valence-electron chi connectivity index (χ1n) is 4.91. The molecule has 1 aromatic rings. The van der Waals surface area contributed by atoms with Crippen LogP contribution in [0.5, 0.6) is 0 Å². The van der Waals surface area contributed by atoms with Crippen molar-refractivity contribution in [2.45, 2.75) is 19.3 Å². The number of rotatable bonds is 3. The van der Waals surface area contributed by atoms with E-state index in [0.717, 1.165) is 6.26 Å². The molecule has 0 bridgehead atoms. The van der Waals surface area contributed by atoms with Gasteiger partial charge in [0.1, 0.15) is 5.82 Å². The SMILES string of the molecule is CC(C)(C(=O)NS(C)(=O)=O)c1ccc(F)cc1. The van der Waals surface area contributed by atoms with E-state index in [-0.39, 0.29) is 0 Å². The third kappa shape index (κ3) is 3.52. The molecule has 0 spiro atoms. The number of carbonyl (C=O) groups excluding carboxylic acids is 1. The van der Waals surface area contributed by atoms with E-state index in [1.54, 1.807) is 13.8 Å². The highest BCUT2D eigenvalue weighted by Gasteiger charge is 2.31. The lowest BCUT2D eigenvalue weighted by atomic mass is 9.84. The van der Waals surface area contributed by atoms with Crippen LogP contribution in [0.3, 0.4) is 0 Å². The molecule has 0 aliphatic carbocycles. The minimum Gasteiger partial charge on any atom is -0.273 e. The van der Waals surface area contributed by atoms with Crippen LogP contribution in [0.4, 0.5) is 4.39 Å². The molecule has 1 amide bonds. The summed E-state index contributed by atoms with van der Waals surface area (Å²) in [6.45, 7) is 3.14. The summed E-state index contributed by atoms with van der Waals surface area (Å²) >= 11 is 0. The topological polar surface area (TPSA) is 63.2 Å². The van der Waals surface area contributed by atoms with Gasteiger partial charge in [0.15, 0.2) is 0 Å². The minimum atomic E-state index is -3.60. The highest BCUT2D eigenvalue weighted by Crippen LogP contribution is 2.23. The van der Waals surface area contributed by atoms with Gasteiger partial charge in [-0.1, -0.05) is 12.1 Å². The zero-order chi connectivity index (χ0) is 13.3. The average molecular weight is 259 g/mol. The van der Waals surface area contributed by atoms with E-state index in [1.165, 1.54) is 24.3 Å². The average Bonchev–Trinajstić information content (AvgIpc) is 2.15. The van der Waals surface area contributed by atoms with Gasteiger partial charge in [0.25, 0.3) is 0 Å². The van der Waals surface area contributed by atoms with Crippen molar-refractivity contribution in [2.24, 2.45) is 0 Å². The van der Waals surface area contributed by atoms with Gasteiger partial charge in [-0.15, -0.1) is 0 Å². The zero-order valence-corrected chi connectivity index (χ0v) is 10.6. The van der Waals surface area contributed by atoms with E-state index in [4.69, 9.17) is 0 Å². The lowest BCUT2D eigenvalue weighted by Gasteiger charge is -2.23. The van der Waals surface area contributed by atoms with Crippen molar-refractivity contribution in [3.05, 3.63) is 35.6 Å². The van der Waals surface area contributed by atoms with E-state index < -0.39 is 27.2 Å². The second kappa shape index (κ2) is 4.44. The van der Waals surface area contributed by atoms with Gasteiger partial charge in [-0.2, -0.15) is 0 Å². The first-order chi connectivity index (χ1) is 7.63. The Labute approximate surface area is 99.9 Å². The molecule has 0 heterocycles. The molecular formula is C11H14FNO3S. The Hall–Kier alpha value is -1.43. The highest BCUT2D eigenvalue weighted by molar-refractivity contribution is 7.89. The van der Waals surface area contributed by atoms with Crippen LogP contribution in [0.2, 0.25) is 0 Å². The van der Waals surface area contributed by atoms with E-state index in [0.29, 0.717) is 5.56 Å². The molecule has 0 saturated carbocycles. The van der Waals surface area contributed by atoms with Crippen LogP contribution in [0.15, 0.2) is 24.3 Å². The molecule has 1 N–H and O–H groups in total. The maximum Gasteiger partial charge on any atom is 0.243 e. The van der Waals surface area contributed by atoms with E-state index >= 15 is 0 Å². The first-order valence-corrected chi connectivity index (χ1v) is 6.80. The quantitative estimate of drug-likeness (QED) is 0.886. The molecule has 0 aliphatic heterocycles. The van der Waals surface area contributed by atoms with Crippen molar-refractivity contribution < 1.29 is 17.6 Å². The van der Waals surface area contributed by atoms with E-state index in [9.17, 15) is 17.6 Å². The van der Waals surface area contributed by atoms with Crippen LogP contribution < -0.4 is 4.72 Å². The van der Waals surface area contributed by atoms with Crippen molar-refractivity contribution in [1.29, 1.82) is 0 Å². The molecule has 0 aliphatic rings. The van der Waals surface area contributed by atoms with Crippen molar-refractivity contribution in [1.82, 2.24) is 4.72 Å². The Morgan fingerprint density at radius 2 is 1.71 bits per heavy atom. The molecule has 0 saturated heterocycles. The van der Waals surface area contributed by atoms with Crippen LogP contribution in [-0.2, 0) is 20.2 Å². The van der Waals surface area contributed by atoms with Gasteiger partial charge >= 0.3 is 0 Å². The van der Waals surface area contributed by atoms with Crippen LogP contribution >= 0.6 is 0 Å². The summed E-state index contributed by atoms with van der Waals surface area (Å²) < 4.78 is 36.6. The zero-order valence-electron chi connectivity index (χ0n) is 9.82. The first kappa shape index (κ1) is 13.6. The van der Waals surface area contributed by atoms with Gasteiger partial charge in [-0.25, -0.2) is 12.8 Å². The molecule has 0 radical (unpaired) electrons. The summed E-state index contributed by atoms with van der Waals surface area (Å²) in [5.74, 6) is -1.06. The lowest BCUT2D eigenvalue weighted by molar-refractivity contribution is -0.123. The Kier molecular flexibility index (Phi) is 3.56. The molecule has 17 heavy (non-hydrogen) atoms. The molecular weight excluding hydrogens is 245 g/mol. The maximum atomic E-state index is 12.8. The van der Waals surface area contributed by atoms with E-state index in [1.807, 2.05) is 4.72 Å². The number of hydrogen-bond donors (Lipinski definition) is 1. The molecule has 0 fully saturated rings. The number of amides is 1. The monoisotopic (exact) mass is 259 g/mol. The molecule has 6 heteroatoms. The standard InChI is InChI=1S/C11H14FNO3S/c1-11(2,10(14)13-17(3,15)16)8-4-6-9(12)7-5-8/h4-7H,1-3H3,(H,13,14).